The molecule has 2 rings (SSSR count). The number of rotatable bonds is 4. The second kappa shape index (κ2) is 7.09. The smallest absolute Gasteiger partial charge is 0.317 e. The van der Waals surface area contributed by atoms with E-state index in [4.69, 9.17) is 0 Å². The molecule has 4 nitrogen and oxygen atoms in total. The molecule has 0 aliphatic heterocycles. The molecule has 1 aromatic rings. The number of benzene rings is 1. The average molecular weight is 308 g/mol. The Balaban J connectivity index is 1.91. The zero-order valence-corrected chi connectivity index (χ0v) is 13.5. The first-order valence-electron chi connectivity index (χ1n) is 7.84. The molecule has 122 valence electrons. The lowest BCUT2D eigenvalue weighted by Gasteiger charge is -2.25. The monoisotopic (exact) mass is 308 g/mol. The van der Waals surface area contributed by atoms with Gasteiger partial charge in [-0.05, 0) is 43.9 Å². The lowest BCUT2D eigenvalue weighted by atomic mass is 10.1. The second-order valence-electron chi connectivity index (χ2n) is 6.32. The third-order valence-corrected chi connectivity index (χ3v) is 4.51. The second-order valence-corrected chi connectivity index (χ2v) is 6.32. The summed E-state index contributed by atoms with van der Waals surface area (Å²) in [5.41, 5.74) is 1.33. The molecule has 3 atom stereocenters. The Bertz CT molecular complexity index is 535. The van der Waals surface area contributed by atoms with Crippen molar-refractivity contribution in [3.05, 3.63) is 35.1 Å². The van der Waals surface area contributed by atoms with E-state index in [0.29, 0.717) is 12.1 Å². The van der Waals surface area contributed by atoms with Gasteiger partial charge in [0.25, 0.3) is 0 Å². The average Bonchev–Trinajstić information content (AvgIpc) is 2.87. The van der Waals surface area contributed by atoms with E-state index in [2.05, 4.69) is 5.32 Å². The highest BCUT2D eigenvalue weighted by Crippen LogP contribution is 2.26. The molecule has 0 spiro atoms. The maximum Gasteiger partial charge on any atom is 0.317 e. The maximum absolute atomic E-state index is 13.6. The van der Waals surface area contributed by atoms with Gasteiger partial charge in [0.2, 0.25) is 0 Å². The van der Waals surface area contributed by atoms with Crippen molar-refractivity contribution in [2.24, 2.45) is 5.92 Å². The molecule has 0 aromatic heterocycles. The van der Waals surface area contributed by atoms with Gasteiger partial charge in [0.1, 0.15) is 5.82 Å². The van der Waals surface area contributed by atoms with Gasteiger partial charge in [0.15, 0.2) is 0 Å². The normalized spacial score (nSPS) is 22.4. The van der Waals surface area contributed by atoms with Crippen molar-refractivity contribution in [2.75, 3.05) is 13.6 Å². The zero-order chi connectivity index (χ0) is 16.3. The lowest BCUT2D eigenvalue weighted by molar-refractivity contribution is 0.113. The quantitative estimate of drug-likeness (QED) is 0.898. The summed E-state index contributed by atoms with van der Waals surface area (Å²) < 4.78 is 13.6. The third-order valence-electron chi connectivity index (χ3n) is 4.51. The minimum atomic E-state index is -0.307. The number of aliphatic hydroxyl groups excluding tert-OH is 1. The number of halogens is 1. The number of carbonyl (C=O) groups excluding carboxylic acids is 1. The van der Waals surface area contributed by atoms with Crippen LogP contribution in [-0.4, -0.2) is 35.7 Å². The molecule has 22 heavy (non-hydrogen) atoms. The van der Waals surface area contributed by atoms with Crippen molar-refractivity contribution >= 4 is 6.03 Å². The van der Waals surface area contributed by atoms with Crippen LogP contribution in [-0.2, 0) is 0 Å². The van der Waals surface area contributed by atoms with Crippen molar-refractivity contribution in [3.63, 3.8) is 0 Å². The van der Waals surface area contributed by atoms with Gasteiger partial charge in [-0.15, -0.1) is 0 Å². The van der Waals surface area contributed by atoms with Crippen molar-refractivity contribution in [1.82, 2.24) is 10.2 Å². The van der Waals surface area contributed by atoms with Crippen molar-refractivity contribution < 1.29 is 14.3 Å². The molecule has 0 saturated heterocycles. The number of amides is 2. The van der Waals surface area contributed by atoms with E-state index >= 15 is 0 Å². The summed E-state index contributed by atoms with van der Waals surface area (Å²) >= 11 is 0. The summed E-state index contributed by atoms with van der Waals surface area (Å²) in [7, 11) is 1.73. The Morgan fingerprint density at radius 1 is 1.50 bits per heavy atom. The summed E-state index contributed by atoms with van der Waals surface area (Å²) in [6.07, 6.45) is 2.48. The molecule has 1 saturated carbocycles. The summed E-state index contributed by atoms with van der Waals surface area (Å²) in [5.74, 6) is -0.107. The molecule has 0 radical (unpaired) electrons. The SMILES string of the molecule is Cc1ccc(C(C)NC(=O)N(C)CC2CCCC2O)cc1F. The van der Waals surface area contributed by atoms with E-state index in [-0.39, 0.29) is 29.9 Å². The van der Waals surface area contributed by atoms with Crippen LogP contribution in [0.5, 0.6) is 0 Å². The van der Waals surface area contributed by atoms with E-state index in [1.54, 1.807) is 24.9 Å². The lowest BCUT2D eigenvalue weighted by Crippen LogP contribution is -2.42. The number of carbonyl (C=O) groups is 1. The molecule has 0 heterocycles. The summed E-state index contributed by atoms with van der Waals surface area (Å²) in [4.78, 5) is 13.8. The fourth-order valence-corrected chi connectivity index (χ4v) is 2.92. The zero-order valence-electron chi connectivity index (χ0n) is 13.5. The van der Waals surface area contributed by atoms with Crippen LogP contribution in [0.4, 0.5) is 9.18 Å². The number of hydrogen-bond acceptors (Lipinski definition) is 2. The first-order valence-corrected chi connectivity index (χ1v) is 7.84. The number of aryl methyl sites for hydroxylation is 1. The van der Waals surface area contributed by atoms with Crippen molar-refractivity contribution in [1.29, 1.82) is 0 Å². The van der Waals surface area contributed by atoms with Crippen LogP contribution >= 0.6 is 0 Å². The fourth-order valence-electron chi connectivity index (χ4n) is 2.92. The predicted octanol–water partition coefficient (Wildman–Crippen LogP) is 3.00. The fraction of sp³-hybridized carbons (Fsp3) is 0.588. The largest absolute Gasteiger partial charge is 0.393 e. The highest BCUT2D eigenvalue weighted by atomic mass is 19.1. The Hall–Kier alpha value is -1.62. The minimum Gasteiger partial charge on any atom is -0.393 e. The Kier molecular flexibility index (Phi) is 5.40. The number of nitrogens with zero attached hydrogens (tertiary/aromatic N) is 1. The topological polar surface area (TPSA) is 52.6 Å². The standard InChI is InChI=1S/C17H25FN2O2/c1-11-7-8-13(9-15(11)18)12(2)19-17(22)20(3)10-14-5-4-6-16(14)21/h7-9,12,14,16,21H,4-6,10H2,1-3H3,(H,19,22). The van der Waals surface area contributed by atoms with Crippen LogP contribution in [0.3, 0.4) is 0 Å². The highest BCUT2D eigenvalue weighted by molar-refractivity contribution is 5.74. The Morgan fingerprint density at radius 2 is 2.23 bits per heavy atom. The summed E-state index contributed by atoms with van der Waals surface area (Å²) in [6.45, 7) is 4.09. The van der Waals surface area contributed by atoms with Gasteiger partial charge in [-0.3, -0.25) is 0 Å². The van der Waals surface area contributed by atoms with Gasteiger partial charge >= 0.3 is 6.03 Å². The van der Waals surface area contributed by atoms with E-state index < -0.39 is 0 Å². The number of hydrogen-bond donors (Lipinski definition) is 2. The van der Waals surface area contributed by atoms with Gasteiger partial charge in [0.05, 0.1) is 12.1 Å². The maximum atomic E-state index is 13.6. The predicted molar refractivity (Wildman–Crippen MR) is 84.1 cm³/mol. The molecule has 1 fully saturated rings. The summed E-state index contributed by atoms with van der Waals surface area (Å²) in [6, 6.07) is 4.53. The molecule has 1 aliphatic rings. The van der Waals surface area contributed by atoms with Crippen LogP contribution in [0.1, 0.15) is 43.4 Å². The summed E-state index contributed by atoms with van der Waals surface area (Å²) in [5, 5.41) is 12.7. The molecule has 1 aliphatic carbocycles. The van der Waals surface area contributed by atoms with Gasteiger partial charge in [0, 0.05) is 19.5 Å². The van der Waals surface area contributed by atoms with Crippen LogP contribution in [0.25, 0.3) is 0 Å². The van der Waals surface area contributed by atoms with Gasteiger partial charge < -0.3 is 15.3 Å². The molecule has 5 heteroatoms. The first kappa shape index (κ1) is 16.7. The number of aliphatic hydroxyl groups is 1. The van der Waals surface area contributed by atoms with Gasteiger partial charge in [-0.1, -0.05) is 18.6 Å². The van der Waals surface area contributed by atoms with E-state index in [1.165, 1.54) is 6.07 Å². The minimum absolute atomic E-state index is 0.155. The van der Waals surface area contributed by atoms with E-state index in [9.17, 15) is 14.3 Å². The highest BCUT2D eigenvalue weighted by Gasteiger charge is 2.27. The van der Waals surface area contributed by atoms with Gasteiger partial charge in [-0.25, -0.2) is 9.18 Å². The molecule has 1 aromatic carbocycles. The molecule has 3 unspecified atom stereocenters. The van der Waals surface area contributed by atoms with Gasteiger partial charge in [-0.2, -0.15) is 0 Å². The molecule has 2 amide bonds. The van der Waals surface area contributed by atoms with Crippen LogP contribution < -0.4 is 5.32 Å². The third kappa shape index (κ3) is 3.97. The van der Waals surface area contributed by atoms with Crippen LogP contribution in [0.15, 0.2) is 18.2 Å². The number of nitrogens with one attached hydrogen (secondary N) is 1. The van der Waals surface area contributed by atoms with E-state index in [1.807, 2.05) is 13.0 Å². The first-order chi connectivity index (χ1) is 10.4. The number of urea groups is 1. The van der Waals surface area contributed by atoms with Crippen molar-refractivity contribution in [2.45, 2.75) is 45.3 Å². The Labute approximate surface area is 131 Å². The molecular formula is C17H25FN2O2. The van der Waals surface area contributed by atoms with Crippen molar-refractivity contribution in [3.8, 4) is 0 Å². The van der Waals surface area contributed by atoms with Crippen LogP contribution in [0, 0.1) is 18.7 Å². The molecule has 2 N–H and O–H groups in total. The molecular weight excluding hydrogens is 283 g/mol. The van der Waals surface area contributed by atoms with E-state index in [0.717, 1.165) is 24.8 Å². The Morgan fingerprint density at radius 3 is 2.82 bits per heavy atom. The molecule has 0 bridgehead atoms. The van der Waals surface area contributed by atoms with Crippen LogP contribution in [0.2, 0.25) is 0 Å².